The summed E-state index contributed by atoms with van der Waals surface area (Å²) in [4.78, 5) is 0. The lowest BCUT2D eigenvalue weighted by atomic mass is 10.2. The zero-order chi connectivity index (χ0) is 11.3. The fraction of sp³-hybridized carbons (Fsp3) is 0.200. The molecular formula is C10H12N2OS2. The lowest BCUT2D eigenvalue weighted by Gasteiger charge is -2.10. The quantitative estimate of drug-likeness (QED) is 0.489. The molecule has 0 aliphatic rings. The monoisotopic (exact) mass is 240 g/mol. The molecule has 0 heterocycles. The predicted molar refractivity (Wildman–Crippen MR) is 69.6 cm³/mol. The molecule has 0 aliphatic carbocycles. The molecule has 3 nitrogen and oxygen atoms in total. The number of nitrogens with zero attached hydrogens (tertiary/aromatic N) is 2. The molecule has 80 valence electrons. The van der Waals surface area contributed by atoms with Gasteiger partial charge in [-0.3, -0.25) is 5.01 Å². The van der Waals surface area contributed by atoms with Crippen LogP contribution in [0.25, 0.3) is 0 Å². The van der Waals surface area contributed by atoms with Crippen molar-refractivity contribution in [2.24, 2.45) is 5.10 Å². The summed E-state index contributed by atoms with van der Waals surface area (Å²) in [5.74, 6) is 0.213. The first-order valence-corrected chi connectivity index (χ1v) is 5.92. The highest BCUT2D eigenvalue weighted by Gasteiger charge is 1.99. The Balaban J connectivity index is 2.74. The normalized spacial score (nSPS) is 10.5. The van der Waals surface area contributed by atoms with Gasteiger partial charge in [0.05, 0.1) is 6.21 Å². The van der Waals surface area contributed by atoms with Crippen LogP contribution < -0.4 is 0 Å². The Labute approximate surface area is 98.8 Å². The van der Waals surface area contributed by atoms with E-state index in [0.29, 0.717) is 9.88 Å². The van der Waals surface area contributed by atoms with Gasteiger partial charge in [-0.1, -0.05) is 36.1 Å². The molecule has 0 atom stereocenters. The first-order valence-electron chi connectivity index (χ1n) is 4.29. The Morgan fingerprint density at radius 3 is 2.80 bits per heavy atom. The predicted octanol–water partition coefficient (Wildman–Crippen LogP) is 2.31. The van der Waals surface area contributed by atoms with Gasteiger partial charge in [-0.2, -0.15) is 5.10 Å². The maximum absolute atomic E-state index is 9.47. The summed E-state index contributed by atoms with van der Waals surface area (Å²) in [6, 6.07) is 7.01. The van der Waals surface area contributed by atoms with Crippen molar-refractivity contribution in [3.05, 3.63) is 29.8 Å². The summed E-state index contributed by atoms with van der Waals surface area (Å²) in [6.45, 7) is 0. The van der Waals surface area contributed by atoms with E-state index in [2.05, 4.69) is 5.10 Å². The van der Waals surface area contributed by atoms with Crippen molar-refractivity contribution in [3.63, 3.8) is 0 Å². The highest BCUT2D eigenvalue weighted by atomic mass is 32.2. The molecule has 0 spiro atoms. The van der Waals surface area contributed by atoms with Crippen molar-refractivity contribution in [2.45, 2.75) is 0 Å². The summed E-state index contributed by atoms with van der Waals surface area (Å²) in [7, 11) is 1.77. The molecule has 1 rings (SSSR count). The van der Waals surface area contributed by atoms with Crippen LogP contribution in [0.1, 0.15) is 5.56 Å². The third kappa shape index (κ3) is 3.53. The Morgan fingerprint density at radius 1 is 1.53 bits per heavy atom. The number of para-hydroxylation sites is 1. The maximum Gasteiger partial charge on any atom is 0.156 e. The van der Waals surface area contributed by atoms with Crippen molar-refractivity contribution < 1.29 is 5.11 Å². The van der Waals surface area contributed by atoms with E-state index in [-0.39, 0.29) is 5.75 Å². The Bertz CT molecular complexity index is 379. The standard InChI is InChI=1S/C10H12N2OS2/c1-12(10(14)15-2)11-7-8-5-3-4-6-9(8)13/h3-7,13H,1-2H3/b11-7+. The highest BCUT2D eigenvalue weighted by Crippen LogP contribution is 2.13. The summed E-state index contributed by atoms with van der Waals surface area (Å²) >= 11 is 6.49. The van der Waals surface area contributed by atoms with E-state index in [1.54, 1.807) is 36.5 Å². The fourth-order valence-electron chi connectivity index (χ4n) is 0.925. The molecule has 0 fully saturated rings. The summed E-state index contributed by atoms with van der Waals surface area (Å²) in [6.07, 6.45) is 3.48. The van der Waals surface area contributed by atoms with Crippen LogP contribution in [0.4, 0.5) is 0 Å². The topological polar surface area (TPSA) is 35.8 Å². The van der Waals surface area contributed by atoms with Gasteiger partial charge in [0.1, 0.15) is 5.75 Å². The first kappa shape index (κ1) is 12.0. The van der Waals surface area contributed by atoms with Gasteiger partial charge in [-0.15, -0.1) is 0 Å². The van der Waals surface area contributed by atoms with Gasteiger partial charge >= 0.3 is 0 Å². The van der Waals surface area contributed by atoms with E-state index < -0.39 is 0 Å². The van der Waals surface area contributed by atoms with Crippen LogP contribution in [0.5, 0.6) is 5.75 Å². The van der Waals surface area contributed by atoms with E-state index in [9.17, 15) is 5.11 Å². The second-order valence-electron chi connectivity index (χ2n) is 2.80. The molecule has 0 amide bonds. The zero-order valence-corrected chi connectivity index (χ0v) is 10.2. The third-order valence-corrected chi connectivity index (χ3v) is 3.12. The van der Waals surface area contributed by atoms with Crippen molar-refractivity contribution in [3.8, 4) is 5.75 Å². The van der Waals surface area contributed by atoms with Crippen LogP contribution in [-0.2, 0) is 0 Å². The van der Waals surface area contributed by atoms with Crippen molar-refractivity contribution >= 4 is 34.5 Å². The minimum atomic E-state index is 0.213. The molecule has 15 heavy (non-hydrogen) atoms. The van der Waals surface area contributed by atoms with Crippen LogP contribution in [0, 0.1) is 0 Å². The average molecular weight is 240 g/mol. The van der Waals surface area contributed by atoms with Gasteiger partial charge in [0.2, 0.25) is 0 Å². The minimum absolute atomic E-state index is 0.213. The lowest BCUT2D eigenvalue weighted by molar-refractivity contribution is 0.474. The van der Waals surface area contributed by atoms with E-state index in [4.69, 9.17) is 12.2 Å². The SMILES string of the molecule is CSC(=S)N(C)/N=C/c1ccccc1O. The van der Waals surface area contributed by atoms with E-state index in [1.165, 1.54) is 11.8 Å². The number of hydrogen-bond donors (Lipinski definition) is 1. The van der Waals surface area contributed by atoms with Crippen molar-refractivity contribution in [1.82, 2.24) is 5.01 Å². The smallest absolute Gasteiger partial charge is 0.156 e. The zero-order valence-electron chi connectivity index (χ0n) is 8.54. The van der Waals surface area contributed by atoms with Gasteiger partial charge in [0.15, 0.2) is 4.32 Å². The fourth-order valence-corrected chi connectivity index (χ4v) is 1.28. The molecule has 0 bridgehead atoms. The van der Waals surface area contributed by atoms with Crippen LogP contribution in [0.15, 0.2) is 29.4 Å². The first-order chi connectivity index (χ1) is 7.15. The van der Waals surface area contributed by atoms with Gasteiger partial charge in [-0.25, -0.2) is 0 Å². The number of aromatic hydroxyl groups is 1. The number of thioether (sulfide) groups is 1. The molecular weight excluding hydrogens is 228 g/mol. The lowest BCUT2D eigenvalue weighted by Crippen LogP contribution is -2.15. The van der Waals surface area contributed by atoms with E-state index in [0.717, 1.165) is 0 Å². The minimum Gasteiger partial charge on any atom is -0.507 e. The van der Waals surface area contributed by atoms with Crippen LogP contribution in [0.3, 0.4) is 0 Å². The maximum atomic E-state index is 9.47. The molecule has 1 N–H and O–H groups in total. The van der Waals surface area contributed by atoms with E-state index in [1.807, 2.05) is 12.3 Å². The van der Waals surface area contributed by atoms with Crippen molar-refractivity contribution in [1.29, 1.82) is 0 Å². The number of rotatable bonds is 2. The molecule has 0 radical (unpaired) electrons. The number of phenolic OH excluding ortho intramolecular Hbond substituents is 1. The number of benzene rings is 1. The van der Waals surface area contributed by atoms with Crippen LogP contribution >= 0.6 is 24.0 Å². The average Bonchev–Trinajstić information content (AvgIpc) is 2.26. The number of hydrogen-bond acceptors (Lipinski definition) is 4. The van der Waals surface area contributed by atoms with Gasteiger partial charge in [0.25, 0.3) is 0 Å². The Hall–Kier alpha value is -1.07. The second kappa shape index (κ2) is 5.72. The van der Waals surface area contributed by atoms with Crippen LogP contribution in [0.2, 0.25) is 0 Å². The van der Waals surface area contributed by atoms with Gasteiger partial charge in [-0.05, 0) is 18.4 Å². The summed E-state index contributed by atoms with van der Waals surface area (Å²) < 4.78 is 0.682. The molecule has 0 saturated carbocycles. The van der Waals surface area contributed by atoms with Crippen LogP contribution in [-0.4, -0.2) is 34.0 Å². The van der Waals surface area contributed by atoms with E-state index >= 15 is 0 Å². The Kier molecular flexibility index (Phi) is 4.58. The van der Waals surface area contributed by atoms with Gasteiger partial charge < -0.3 is 5.11 Å². The summed E-state index contributed by atoms with van der Waals surface area (Å²) in [5.41, 5.74) is 0.674. The largest absolute Gasteiger partial charge is 0.507 e. The highest BCUT2D eigenvalue weighted by molar-refractivity contribution is 8.22. The number of phenols is 1. The second-order valence-corrected chi connectivity index (χ2v) is 4.24. The van der Waals surface area contributed by atoms with Crippen molar-refractivity contribution in [2.75, 3.05) is 13.3 Å². The molecule has 5 heteroatoms. The molecule has 0 aromatic heterocycles. The molecule has 0 aliphatic heterocycles. The third-order valence-electron chi connectivity index (χ3n) is 1.75. The molecule has 0 unspecified atom stereocenters. The molecule has 1 aromatic carbocycles. The molecule has 0 saturated heterocycles. The molecule has 1 aromatic rings. The Morgan fingerprint density at radius 2 is 2.20 bits per heavy atom. The number of thiocarbonyl (C=S) groups is 1. The number of hydrazone groups is 1. The summed E-state index contributed by atoms with van der Waals surface area (Å²) in [5, 5.41) is 15.2. The van der Waals surface area contributed by atoms with Gasteiger partial charge in [0, 0.05) is 12.6 Å².